The van der Waals surface area contributed by atoms with Gasteiger partial charge in [-0.1, -0.05) is 0 Å². The largest absolute Gasteiger partial charge is 0.369 e. The molecule has 2 rings (SSSR count). The highest BCUT2D eigenvalue weighted by Gasteiger charge is 2.08. The van der Waals surface area contributed by atoms with Gasteiger partial charge in [-0.05, 0) is 28.1 Å². The molecule has 0 spiro atoms. The van der Waals surface area contributed by atoms with Gasteiger partial charge in [-0.25, -0.2) is 0 Å². The summed E-state index contributed by atoms with van der Waals surface area (Å²) in [6.07, 6.45) is 3.62. The highest BCUT2D eigenvalue weighted by atomic mass is 79.9. The van der Waals surface area contributed by atoms with Crippen molar-refractivity contribution in [3.8, 4) is 0 Å². The number of hydrogen-bond acceptors (Lipinski definition) is 3. The standard InChI is InChI=1S/C12H12BrClN2S/c1-16(7-11-4-10(13)8-17-11)12-2-3-15-6-9(12)5-14/h2-4,6,8H,5,7H2,1H3. The zero-order valence-electron chi connectivity index (χ0n) is 9.36. The van der Waals surface area contributed by atoms with Gasteiger partial charge in [0, 0.05) is 45.4 Å². The van der Waals surface area contributed by atoms with Gasteiger partial charge >= 0.3 is 0 Å². The molecule has 2 heterocycles. The Morgan fingerprint density at radius 1 is 1.53 bits per heavy atom. The summed E-state index contributed by atoms with van der Waals surface area (Å²) in [7, 11) is 2.07. The molecule has 0 aliphatic carbocycles. The lowest BCUT2D eigenvalue weighted by atomic mass is 10.2. The Morgan fingerprint density at radius 2 is 2.35 bits per heavy atom. The van der Waals surface area contributed by atoms with Gasteiger partial charge in [0.2, 0.25) is 0 Å². The smallest absolute Gasteiger partial charge is 0.0520 e. The van der Waals surface area contributed by atoms with E-state index in [1.807, 2.05) is 12.3 Å². The fourth-order valence-electron chi connectivity index (χ4n) is 1.65. The molecule has 0 saturated heterocycles. The second-order valence-electron chi connectivity index (χ2n) is 3.73. The summed E-state index contributed by atoms with van der Waals surface area (Å²) >= 11 is 11.1. The van der Waals surface area contributed by atoms with Crippen molar-refractivity contribution in [1.82, 2.24) is 4.98 Å². The summed E-state index contributed by atoms with van der Waals surface area (Å²) in [6.45, 7) is 0.879. The van der Waals surface area contributed by atoms with E-state index >= 15 is 0 Å². The van der Waals surface area contributed by atoms with Crippen LogP contribution in [0.4, 0.5) is 5.69 Å². The van der Waals surface area contributed by atoms with Crippen LogP contribution in [0.3, 0.4) is 0 Å². The summed E-state index contributed by atoms with van der Waals surface area (Å²) < 4.78 is 1.14. The predicted molar refractivity (Wildman–Crippen MR) is 77.9 cm³/mol. The fraction of sp³-hybridized carbons (Fsp3) is 0.250. The van der Waals surface area contributed by atoms with E-state index < -0.39 is 0 Å². The van der Waals surface area contributed by atoms with Crippen LogP contribution in [0.15, 0.2) is 34.4 Å². The Hall–Kier alpha value is -0.580. The number of alkyl halides is 1. The van der Waals surface area contributed by atoms with Crippen molar-refractivity contribution in [2.24, 2.45) is 0 Å². The van der Waals surface area contributed by atoms with E-state index in [9.17, 15) is 0 Å². The second-order valence-corrected chi connectivity index (χ2v) is 5.90. The molecule has 2 nitrogen and oxygen atoms in total. The van der Waals surface area contributed by atoms with Gasteiger partial charge in [0.25, 0.3) is 0 Å². The van der Waals surface area contributed by atoms with E-state index in [0.717, 1.165) is 22.3 Å². The normalized spacial score (nSPS) is 10.5. The van der Waals surface area contributed by atoms with Crippen LogP contribution in [0.25, 0.3) is 0 Å². The molecule has 17 heavy (non-hydrogen) atoms. The van der Waals surface area contributed by atoms with Gasteiger partial charge in [0.1, 0.15) is 0 Å². The maximum absolute atomic E-state index is 5.91. The molecule has 2 aromatic rings. The molecule has 0 aromatic carbocycles. The van der Waals surface area contributed by atoms with Crippen LogP contribution in [-0.4, -0.2) is 12.0 Å². The summed E-state index contributed by atoms with van der Waals surface area (Å²) in [5, 5.41) is 2.10. The number of hydrogen-bond donors (Lipinski definition) is 0. The third kappa shape index (κ3) is 3.21. The van der Waals surface area contributed by atoms with Gasteiger partial charge < -0.3 is 4.90 Å². The van der Waals surface area contributed by atoms with Crippen molar-refractivity contribution < 1.29 is 0 Å². The Kier molecular flexibility index (Phi) is 4.42. The molecule has 0 bridgehead atoms. The maximum atomic E-state index is 5.91. The molecule has 0 saturated carbocycles. The molecule has 0 N–H and O–H groups in total. The lowest BCUT2D eigenvalue weighted by Gasteiger charge is -2.20. The molecule has 0 aliphatic rings. The van der Waals surface area contributed by atoms with Crippen LogP contribution in [-0.2, 0) is 12.4 Å². The average Bonchev–Trinajstić information content (AvgIpc) is 2.74. The topological polar surface area (TPSA) is 16.1 Å². The van der Waals surface area contributed by atoms with Crippen molar-refractivity contribution in [2.45, 2.75) is 12.4 Å². The lowest BCUT2D eigenvalue weighted by Crippen LogP contribution is -2.17. The first-order chi connectivity index (χ1) is 8.20. The summed E-state index contributed by atoms with van der Waals surface area (Å²) in [6, 6.07) is 4.14. The van der Waals surface area contributed by atoms with Crippen LogP contribution in [0.2, 0.25) is 0 Å². The van der Waals surface area contributed by atoms with E-state index in [-0.39, 0.29) is 0 Å². The van der Waals surface area contributed by atoms with Gasteiger partial charge in [0.05, 0.1) is 12.4 Å². The minimum atomic E-state index is 0.488. The molecule has 0 radical (unpaired) electrons. The first-order valence-electron chi connectivity index (χ1n) is 5.13. The molecule has 0 amide bonds. The van der Waals surface area contributed by atoms with E-state index in [4.69, 9.17) is 11.6 Å². The Morgan fingerprint density at radius 3 is 3.00 bits per heavy atom. The van der Waals surface area contributed by atoms with E-state index in [1.54, 1.807) is 17.5 Å². The first kappa shape index (κ1) is 12.9. The first-order valence-corrected chi connectivity index (χ1v) is 7.34. The number of halogens is 2. The minimum absolute atomic E-state index is 0.488. The van der Waals surface area contributed by atoms with E-state index in [0.29, 0.717) is 5.88 Å². The summed E-state index contributed by atoms with van der Waals surface area (Å²) in [5.74, 6) is 0.488. The van der Waals surface area contributed by atoms with Crippen LogP contribution in [0.5, 0.6) is 0 Å². The zero-order chi connectivity index (χ0) is 12.3. The molecule has 5 heteroatoms. The van der Waals surface area contributed by atoms with Crippen molar-refractivity contribution in [3.05, 3.63) is 44.8 Å². The van der Waals surface area contributed by atoms with Crippen LogP contribution in [0.1, 0.15) is 10.4 Å². The van der Waals surface area contributed by atoms with Crippen LogP contribution in [0, 0.1) is 0 Å². The van der Waals surface area contributed by atoms with Gasteiger partial charge in [0.15, 0.2) is 0 Å². The third-order valence-electron chi connectivity index (χ3n) is 2.45. The predicted octanol–water partition coefficient (Wildman–Crippen LogP) is 4.28. The zero-order valence-corrected chi connectivity index (χ0v) is 12.5. The monoisotopic (exact) mass is 330 g/mol. The van der Waals surface area contributed by atoms with Crippen molar-refractivity contribution in [3.63, 3.8) is 0 Å². The SMILES string of the molecule is CN(Cc1cc(Br)cs1)c1ccncc1CCl. The number of pyridine rings is 1. The number of anilines is 1. The minimum Gasteiger partial charge on any atom is -0.369 e. The highest BCUT2D eigenvalue weighted by molar-refractivity contribution is 9.10. The molecular formula is C12H12BrClN2S. The summed E-state index contributed by atoms with van der Waals surface area (Å²) in [5.41, 5.74) is 2.20. The Balaban J connectivity index is 2.16. The molecule has 0 unspecified atom stereocenters. The van der Waals surface area contributed by atoms with Crippen molar-refractivity contribution in [1.29, 1.82) is 0 Å². The number of rotatable bonds is 4. The average molecular weight is 332 g/mol. The fourth-order valence-corrected chi connectivity index (χ4v) is 3.36. The van der Waals surface area contributed by atoms with Crippen molar-refractivity contribution >= 4 is 44.6 Å². The molecule has 0 aliphatic heterocycles. The second kappa shape index (κ2) is 5.85. The van der Waals surface area contributed by atoms with Crippen molar-refractivity contribution in [2.75, 3.05) is 11.9 Å². The summed E-state index contributed by atoms with van der Waals surface area (Å²) in [4.78, 5) is 7.60. The molecule has 0 atom stereocenters. The van der Waals surface area contributed by atoms with Gasteiger partial charge in [-0.3, -0.25) is 4.98 Å². The lowest BCUT2D eigenvalue weighted by molar-refractivity contribution is 0.928. The van der Waals surface area contributed by atoms with Gasteiger partial charge in [-0.2, -0.15) is 0 Å². The molecule has 2 aromatic heterocycles. The number of aromatic nitrogens is 1. The van der Waals surface area contributed by atoms with E-state index in [1.165, 1.54) is 4.88 Å². The van der Waals surface area contributed by atoms with E-state index in [2.05, 4.69) is 44.3 Å². The molecular weight excluding hydrogens is 320 g/mol. The van der Waals surface area contributed by atoms with Gasteiger partial charge in [-0.15, -0.1) is 22.9 Å². The van der Waals surface area contributed by atoms with Crippen LogP contribution >= 0.6 is 38.9 Å². The number of nitrogens with zero attached hydrogens (tertiary/aromatic N) is 2. The molecule has 0 fully saturated rings. The number of thiophene rings is 1. The third-order valence-corrected chi connectivity index (χ3v) is 4.42. The Bertz CT molecular complexity index is 501. The van der Waals surface area contributed by atoms with Crippen LogP contribution < -0.4 is 4.90 Å². The molecule has 90 valence electrons. The quantitative estimate of drug-likeness (QED) is 0.777. The Labute approximate surface area is 118 Å². The maximum Gasteiger partial charge on any atom is 0.0520 e. The highest BCUT2D eigenvalue weighted by Crippen LogP contribution is 2.25.